The lowest BCUT2D eigenvalue weighted by Crippen LogP contribution is -2.45. The molecule has 0 bridgehead atoms. The van der Waals surface area contributed by atoms with Crippen LogP contribution in [0.4, 0.5) is 11.4 Å². The van der Waals surface area contributed by atoms with E-state index in [1.54, 1.807) is 23.1 Å². The SMILES string of the molecule is C=C/C(=C\C)COc1cc2c(cc1OC)C(=O)N1c3ccccc3C[C@H]1C(O)N2. The molecule has 0 saturated carbocycles. The molecule has 29 heavy (non-hydrogen) atoms. The number of amides is 1. The van der Waals surface area contributed by atoms with Crippen molar-refractivity contribution in [2.24, 2.45) is 0 Å². The van der Waals surface area contributed by atoms with Crippen LogP contribution in [0.5, 0.6) is 11.5 Å². The van der Waals surface area contributed by atoms with Gasteiger partial charge < -0.3 is 24.8 Å². The smallest absolute Gasteiger partial charge is 0.260 e. The number of hydrogen-bond acceptors (Lipinski definition) is 5. The number of carbonyl (C=O) groups excluding carboxylic acids is 1. The standard InChI is InChI=1S/C23H24N2O4/c1-4-14(5-2)13-29-21-12-17-16(11-20(21)28-3)23(27)25-18-9-7-6-8-15(18)10-19(25)22(26)24-17/h4-9,11-12,19,22,24,26H,1,10,13H2,2-3H3/b14-5+/t19-,22?/m0/s1. The molecule has 6 heteroatoms. The molecule has 0 aromatic heterocycles. The molecule has 2 aromatic carbocycles. The number of anilines is 2. The van der Waals surface area contributed by atoms with Crippen molar-refractivity contribution in [2.75, 3.05) is 23.9 Å². The average Bonchev–Trinajstić information content (AvgIpc) is 3.09. The molecule has 6 nitrogen and oxygen atoms in total. The number of nitrogens with one attached hydrogen (secondary N) is 1. The summed E-state index contributed by atoms with van der Waals surface area (Å²) < 4.78 is 11.4. The van der Waals surface area contributed by atoms with Gasteiger partial charge in [0.25, 0.3) is 5.91 Å². The summed E-state index contributed by atoms with van der Waals surface area (Å²) in [6.45, 7) is 6.01. The highest BCUT2D eigenvalue weighted by Crippen LogP contribution is 2.41. The Kier molecular flexibility index (Phi) is 5.03. The second-order valence-electron chi connectivity index (χ2n) is 7.07. The molecule has 4 rings (SSSR count). The van der Waals surface area contributed by atoms with E-state index in [0.717, 1.165) is 16.8 Å². The van der Waals surface area contributed by atoms with Crippen LogP contribution in [-0.2, 0) is 6.42 Å². The van der Waals surface area contributed by atoms with Crippen LogP contribution >= 0.6 is 0 Å². The summed E-state index contributed by atoms with van der Waals surface area (Å²) in [7, 11) is 1.54. The topological polar surface area (TPSA) is 71.0 Å². The van der Waals surface area contributed by atoms with E-state index in [1.807, 2.05) is 37.3 Å². The number of ether oxygens (including phenoxy) is 2. The van der Waals surface area contributed by atoms with E-state index in [-0.39, 0.29) is 11.9 Å². The number of aliphatic hydroxyl groups is 1. The van der Waals surface area contributed by atoms with Crippen LogP contribution < -0.4 is 19.7 Å². The Bertz CT molecular complexity index is 998. The summed E-state index contributed by atoms with van der Waals surface area (Å²) in [4.78, 5) is 15.1. The molecule has 2 N–H and O–H groups in total. The predicted molar refractivity (Wildman–Crippen MR) is 113 cm³/mol. The summed E-state index contributed by atoms with van der Waals surface area (Å²) in [5, 5.41) is 13.9. The van der Waals surface area contributed by atoms with E-state index >= 15 is 0 Å². The molecular formula is C23H24N2O4. The molecule has 1 amide bonds. The van der Waals surface area contributed by atoms with Crippen LogP contribution in [0.25, 0.3) is 0 Å². The molecule has 2 heterocycles. The first-order chi connectivity index (χ1) is 14.1. The molecule has 0 saturated heterocycles. The maximum Gasteiger partial charge on any atom is 0.260 e. The number of nitrogens with zero attached hydrogens (tertiary/aromatic N) is 1. The second-order valence-corrected chi connectivity index (χ2v) is 7.07. The van der Waals surface area contributed by atoms with Crippen molar-refractivity contribution in [3.63, 3.8) is 0 Å². The largest absolute Gasteiger partial charge is 0.493 e. The van der Waals surface area contributed by atoms with Gasteiger partial charge in [-0.3, -0.25) is 4.79 Å². The van der Waals surface area contributed by atoms with Gasteiger partial charge in [-0.25, -0.2) is 0 Å². The molecule has 1 unspecified atom stereocenters. The van der Waals surface area contributed by atoms with Gasteiger partial charge in [0, 0.05) is 11.8 Å². The molecular weight excluding hydrogens is 368 g/mol. The van der Waals surface area contributed by atoms with E-state index in [1.165, 1.54) is 7.11 Å². The lowest BCUT2D eigenvalue weighted by molar-refractivity contribution is 0.0952. The number of aliphatic hydroxyl groups excluding tert-OH is 1. The third-order valence-corrected chi connectivity index (χ3v) is 5.46. The van der Waals surface area contributed by atoms with Crippen molar-refractivity contribution in [3.8, 4) is 11.5 Å². The van der Waals surface area contributed by atoms with Crippen molar-refractivity contribution in [1.29, 1.82) is 0 Å². The molecule has 2 aromatic rings. The lowest BCUT2D eigenvalue weighted by Gasteiger charge is -2.26. The number of benzene rings is 2. The van der Waals surface area contributed by atoms with Crippen LogP contribution in [-0.4, -0.2) is 37.0 Å². The normalized spacial score (nSPS) is 20.2. The van der Waals surface area contributed by atoms with Gasteiger partial charge in [0.15, 0.2) is 11.5 Å². The quantitative estimate of drug-likeness (QED) is 0.762. The predicted octanol–water partition coefficient (Wildman–Crippen LogP) is 3.52. The molecule has 0 aliphatic carbocycles. The summed E-state index contributed by atoms with van der Waals surface area (Å²) in [6, 6.07) is 10.7. The summed E-state index contributed by atoms with van der Waals surface area (Å²) >= 11 is 0. The van der Waals surface area contributed by atoms with Gasteiger partial charge in [0.1, 0.15) is 12.8 Å². The Morgan fingerprint density at radius 3 is 2.86 bits per heavy atom. The molecule has 0 radical (unpaired) electrons. The van der Waals surface area contributed by atoms with E-state index in [0.29, 0.717) is 35.8 Å². The van der Waals surface area contributed by atoms with Crippen molar-refractivity contribution >= 4 is 17.3 Å². The first-order valence-corrected chi connectivity index (χ1v) is 9.56. The van der Waals surface area contributed by atoms with Crippen LogP contribution in [0.3, 0.4) is 0 Å². The van der Waals surface area contributed by atoms with Crippen molar-refractivity contribution in [1.82, 2.24) is 0 Å². The summed E-state index contributed by atoms with van der Waals surface area (Å²) in [5.74, 6) is 0.769. The minimum absolute atomic E-state index is 0.177. The Morgan fingerprint density at radius 1 is 1.34 bits per heavy atom. The summed E-state index contributed by atoms with van der Waals surface area (Å²) in [5.41, 5.74) is 3.76. The van der Waals surface area contributed by atoms with Gasteiger partial charge in [0.05, 0.1) is 24.4 Å². The number of fused-ring (bicyclic) bond motifs is 4. The fraction of sp³-hybridized carbons (Fsp3) is 0.261. The zero-order valence-corrected chi connectivity index (χ0v) is 16.5. The van der Waals surface area contributed by atoms with Gasteiger partial charge >= 0.3 is 0 Å². The molecule has 0 fully saturated rings. The van der Waals surface area contributed by atoms with E-state index < -0.39 is 6.23 Å². The number of para-hydroxylation sites is 1. The Hall–Kier alpha value is -3.25. The lowest BCUT2D eigenvalue weighted by atomic mass is 10.1. The van der Waals surface area contributed by atoms with E-state index in [9.17, 15) is 9.90 Å². The van der Waals surface area contributed by atoms with Gasteiger partial charge in [-0.05, 0) is 36.6 Å². The number of carbonyl (C=O) groups is 1. The number of hydrogen-bond donors (Lipinski definition) is 2. The van der Waals surface area contributed by atoms with Crippen LogP contribution in [0.2, 0.25) is 0 Å². The van der Waals surface area contributed by atoms with Gasteiger partial charge in [-0.2, -0.15) is 0 Å². The molecule has 0 spiro atoms. The highest BCUT2D eigenvalue weighted by Gasteiger charge is 2.42. The monoisotopic (exact) mass is 392 g/mol. The van der Waals surface area contributed by atoms with Crippen molar-refractivity contribution in [2.45, 2.75) is 25.6 Å². The number of allylic oxidation sites excluding steroid dienone is 1. The van der Waals surface area contributed by atoms with E-state index in [4.69, 9.17) is 9.47 Å². The second kappa shape index (κ2) is 7.64. The maximum atomic E-state index is 13.4. The van der Waals surface area contributed by atoms with E-state index in [2.05, 4.69) is 11.9 Å². The van der Waals surface area contributed by atoms with Crippen LogP contribution in [0.15, 0.2) is 60.7 Å². The Balaban J connectivity index is 1.74. The Labute approximate surface area is 170 Å². The van der Waals surface area contributed by atoms with Gasteiger partial charge in [-0.15, -0.1) is 0 Å². The molecule has 2 aliphatic rings. The van der Waals surface area contributed by atoms with Crippen LogP contribution in [0.1, 0.15) is 22.8 Å². The summed E-state index contributed by atoms with van der Waals surface area (Å²) in [6.07, 6.45) is 3.33. The van der Waals surface area contributed by atoms with Gasteiger partial charge in [-0.1, -0.05) is 36.9 Å². The first kappa shape index (κ1) is 19.1. The zero-order chi connectivity index (χ0) is 20.5. The highest BCUT2D eigenvalue weighted by molar-refractivity contribution is 6.12. The fourth-order valence-electron chi connectivity index (χ4n) is 3.86. The zero-order valence-electron chi connectivity index (χ0n) is 16.5. The maximum absolute atomic E-state index is 13.4. The van der Waals surface area contributed by atoms with Gasteiger partial charge in [0.2, 0.25) is 0 Å². The first-order valence-electron chi connectivity index (χ1n) is 9.56. The third kappa shape index (κ3) is 3.25. The average molecular weight is 392 g/mol. The minimum atomic E-state index is -0.909. The Morgan fingerprint density at radius 2 is 2.14 bits per heavy atom. The fourth-order valence-corrected chi connectivity index (χ4v) is 3.86. The van der Waals surface area contributed by atoms with Crippen LogP contribution in [0, 0.1) is 0 Å². The highest BCUT2D eigenvalue weighted by atomic mass is 16.5. The third-order valence-electron chi connectivity index (χ3n) is 5.46. The van der Waals surface area contributed by atoms with Crippen molar-refractivity contribution < 1.29 is 19.4 Å². The molecule has 150 valence electrons. The minimum Gasteiger partial charge on any atom is -0.493 e. The van der Waals surface area contributed by atoms with Crippen molar-refractivity contribution in [3.05, 3.63) is 71.8 Å². The number of methoxy groups -OCH3 is 1. The molecule has 2 aliphatic heterocycles. The number of rotatable bonds is 5. The molecule has 2 atom stereocenters.